The van der Waals surface area contributed by atoms with Crippen LogP contribution in [0.4, 0.5) is 0 Å². The lowest BCUT2D eigenvalue weighted by Gasteiger charge is -2.13. The first-order valence-electron chi connectivity index (χ1n) is 20.0. The summed E-state index contributed by atoms with van der Waals surface area (Å²) in [6.45, 7) is -4.97. The molecule has 0 fully saturated rings. The highest BCUT2D eigenvalue weighted by Gasteiger charge is 2.26. The van der Waals surface area contributed by atoms with Crippen LogP contribution < -0.4 is 0 Å². The molecular formula is C48H30N2. The number of hydrogen-bond acceptors (Lipinski definition) is 0. The molecule has 12 rings (SSSR count). The minimum Gasteiger partial charge on any atom is -0.307 e. The van der Waals surface area contributed by atoms with Crippen molar-refractivity contribution in [2.75, 3.05) is 0 Å². The zero-order valence-electron chi connectivity index (χ0n) is 32.8. The van der Waals surface area contributed by atoms with Gasteiger partial charge in [0.25, 0.3) is 0 Å². The van der Waals surface area contributed by atoms with Gasteiger partial charge in [0.15, 0.2) is 0 Å². The fourth-order valence-corrected chi connectivity index (χ4v) is 9.17. The highest BCUT2D eigenvalue weighted by Crippen LogP contribution is 2.49. The van der Waals surface area contributed by atoms with Crippen molar-refractivity contribution in [3.05, 3.63) is 157 Å². The molecule has 12 aromatic rings. The topological polar surface area (TPSA) is 8.82 Å². The van der Waals surface area contributed by atoms with Gasteiger partial charge < -0.3 is 8.80 Å². The van der Waals surface area contributed by atoms with Crippen LogP contribution in [-0.4, -0.2) is 8.80 Å². The van der Waals surface area contributed by atoms with Crippen molar-refractivity contribution < 1.29 is 8.22 Å². The van der Waals surface area contributed by atoms with E-state index in [1.54, 1.807) is 0 Å². The second-order valence-corrected chi connectivity index (χ2v) is 13.7. The molecule has 0 saturated heterocycles. The molecule has 232 valence electrons. The van der Waals surface area contributed by atoms with E-state index in [2.05, 4.69) is 118 Å². The van der Waals surface area contributed by atoms with Crippen LogP contribution in [0.25, 0.3) is 109 Å². The van der Waals surface area contributed by atoms with Crippen molar-refractivity contribution in [3.63, 3.8) is 0 Å². The molecule has 0 bridgehead atoms. The molecule has 0 N–H and O–H groups in total. The molecule has 8 aromatic carbocycles. The zero-order valence-corrected chi connectivity index (χ0v) is 26.8. The lowest BCUT2D eigenvalue weighted by Crippen LogP contribution is -1.92. The van der Waals surface area contributed by atoms with Gasteiger partial charge in [0, 0.05) is 56.9 Å². The fourth-order valence-electron chi connectivity index (χ4n) is 9.17. The molecule has 0 amide bonds. The first-order chi connectivity index (χ1) is 27.1. The molecule has 0 aliphatic heterocycles. The standard InChI is InChI=1S/C48H30N2/c1-27-10-7-11-28(2)43(27)31-22-20-30-25-32(23-21-29(30)24-31)44-47-39(37-16-8-14-35-33-12-3-5-18-41(33)49(47)45(35)37)26-40-38-17-9-15-36-34-13-4-6-19-42(34)50(46(36)38)48(40)44/h3-26H,1-2H3/i1D3,2D3. The maximum absolute atomic E-state index is 8.27. The number of para-hydroxylation sites is 4. The maximum atomic E-state index is 8.27. The first-order valence-corrected chi connectivity index (χ1v) is 17.0. The predicted molar refractivity (Wildman–Crippen MR) is 214 cm³/mol. The molecule has 0 unspecified atom stereocenters. The van der Waals surface area contributed by atoms with Crippen LogP contribution in [0.2, 0.25) is 0 Å². The van der Waals surface area contributed by atoms with Crippen LogP contribution in [0.1, 0.15) is 19.4 Å². The second-order valence-electron chi connectivity index (χ2n) is 13.7. The molecule has 0 saturated carbocycles. The summed E-state index contributed by atoms with van der Waals surface area (Å²) in [6.07, 6.45) is 0. The zero-order chi connectivity index (χ0) is 37.8. The fraction of sp³-hybridized carbons (Fsp3) is 0.0417. The van der Waals surface area contributed by atoms with Crippen LogP contribution in [0.15, 0.2) is 146 Å². The van der Waals surface area contributed by atoms with Crippen molar-refractivity contribution in [3.8, 4) is 22.3 Å². The summed E-state index contributed by atoms with van der Waals surface area (Å²) in [5.74, 6) is 0. The third kappa shape index (κ3) is 3.15. The van der Waals surface area contributed by atoms with Gasteiger partial charge in [0.2, 0.25) is 0 Å². The lowest BCUT2D eigenvalue weighted by molar-refractivity contribution is 1.35. The Morgan fingerprint density at radius 1 is 0.360 bits per heavy atom. The monoisotopic (exact) mass is 640 g/mol. The van der Waals surface area contributed by atoms with Crippen molar-refractivity contribution in [1.82, 2.24) is 8.80 Å². The summed E-state index contributed by atoms with van der Waals surface area (Å²) in [6, 6.07) is 49.8. The highest BCUT2D eigenvalue weighted by molar-refractivity contribution is 6.33. The highest BCUT2D eigenvalue weighted by atomic mass is 14.9. The van der Waals surface area contributed by atoms with Crippen LogP contribution >= 0.6 is 0 Å². The number of aromatic nitrogens is 2. The van der Waals surface area contributed by atoms with Crippen molar-refractivity contribution >= 4 is 87.0 Å². The van der Waals surface area contributed by atoms with Gasteiger partial charge in [-0.15, -0.1) is 0 Å². The number of rotatable bonds is 2. The van der Waals surface area contributed by atoms with Gasteiger partial charge >= 0.3 is 0 Å². The van der Waals surface area contributed by atoms with Crippen LogP contribution in [0, 0.1) is 13.7 Å². The number of hydrogen-bond donors (Lipinski definition) is 0. The number of fused-ring (bicyclic) bond motifs is 13. The van der Waals surface area contributed by atoms with E-state index in [0.29, 0.717) is 5.56 Å². The minimum absolute atomic E-state index is 0.0344. The number of nitrogens with zero attached hydrogens (tertiary/aromatic N) is 2. The number of aryl methyl sites for hydroxylation is 2. The van der Waals surface area contributed by atoms with Crippen molar-refractivity contribution in [2.24, 2.45) is 0 Å². The van der Waals surface area contributed by atoms with Crippen LogP contribution in [-0.2, 0) is 0 Å². The van der Waals surface area contributed by atoms with Gasteiger partial charge in [0.05, 0.1) is 33.1 Å². The van der Waals surface area contributed by atoms with Gasteiger partial charge in [-0.3, -0.25) is 0 Å². The first kappa shape index (κ1) is 21.6. The largest absolute Gasteiger partial charge is 0.307 e. The Balaban J connectivity index is 1.22. The van der Waals surface area contributed by atoms with Gasteiger partial charge in [-0.2, -0.15) is 0 Å². The van der Waals surface area contributed by atoms with Crippen LogP contribution in [0.5, 0.6) is 0 Å². The molecule has 0 aliphatic rings. The van der Waals surface area contributed by atoms with Gasteiger partial charge in [-0.05, 0) is 82.6 Å². The Bertz CT molecular complexity index is 3430. The van der Waals surface area contributed by atoms with Gasteiger partial charge in [0.1, 0.15) is 0 Å². The summed E-state index contributed by atoms with van der Waals surface area (Å²) < 4.78 is 54.6. The Labute approximate surface area is 296 Å². The van der Waals surface area contributed by atoms with E-state index < -0.39 is 13.7 Å². The molecule has 4 aromatic heterocycles. The Hall–Kier alpha value is -6.38. The van der Waals surface area contributed by atoms with Crippen LogP contribution in [0.3, 0.4) is 0 Å². The van der Waals surface area contributed by atoms with E-state index in [9.17, 15) is 0 Å². The molecule has 4 heterocycles. The van der Waals surface area contributed by atoms with Crippen molar-refractivity contribution in [1.29, 1.82) is 0 Å². The second kappa shape index (κ2) is 9.19. The third-order valence-corrected chi connectivity index (χ3v) is 11.2. The minimum atomic E-state index is -2.49. The SMILES string of the molecule is [2H]C([2H])([2H])c1cccc(C([2H])([2H])[2H])c1-c1ccc2cc(-c3c4c(cc5c6cccc7c8ccccc8n(c35)c76)c3cccc5c6ccccc6n4c53)ccc2c1. The summed E-state index contributed by atoms with van der Waals surface area (Å²) in [5, 5.41) is 11.6. The Kier molecular flexibility index (Phi) is 3.96. The molecule has 2 nitrogen and oxygen atoms in total. The maximum Gasteiger partial charge on any atom is 0.0641 e. The molecule has 0 aliphatic carbocycles. The average molecular weight is 641 g/mol. The average Bonchev–Trinajstić information content (AvgIpc) is 3.92. The quantitative estimate of drug-likeness (QED) is 0.178. The molecular weight excluding hydrogens is 605 g/mol. The molecule has 50 heavy (non-hydrogen) atoms. The molecule has 0 radical (unpaired) electrons. The van der Waals surface area contributed by atoms with E-state index in [1.807, 2.05) is 18.2 Å². The summed E-state index contributed by atoms with van der Waals surface area (Å²) in [5.41, 5.74) is 10.1. The lowest BCUT2D eigenvalue weighted by atomic mass is 9.92. The Morgan fingerprint density at radius 3 is 1.32 bits per heavy atom. The summed E-state index contributed by atoms with van der Waals surface area (Å²) in [7, 11) is 0. The molecule has 2 heteroatoms. The van der Waals surface area contributed by atoms with E-state index in [1.165, 1.54) is 72.3 Å². The third-order valence-electron chi connectivity index (χ3n) is 11.2. The van der Waals surface area contributed by atoms with E-state index >= 15 is 0 Å². The van der Waals surface area contributed by atoms with Crippen molar-refractivity contribution in [2.45, 2.75) is 13.7 Å². The molecule has 0 spiro atoms. The number of benzene rings is 8. The normalized spacial score (nSPS) is 14.9. The van der Waals surface area contributed by atoms with E-state index in [4.69, 9.17) is 8.22 Å². The van der Waals surface area contributed by atoms with E-state index in [0.717, 1.165) is 44.0 Å². The van der Waals surface area contributed by atoms with E-state index in [-0.39, 0.29) is 16.7 Å². The van der Waals surface area contributed by atoms with Gasteiger partial charge in [-0.25, -0.2) is 0 Å². The summed E-state index contributed by atoms with van der Waals surface area (Å²) in [4.78, 5) is 0. The van der Waals surface area contributed by atoms with Gasteiger partial charge in [-0.1, -0.05) is 115 Å². The molecule has 0 atom stereocenters. The summed E-state index contributed by atoms with van der Waals surface area (Å²) >= 11 is 0. The predicted octanol–water partition coefficient (Wildman–Crippen LogP) is 13.1. The Morgan fingerprint density at radius 2 is 0.800 bits per heavy atom. The smallest absolute Gasteiger partial charge is 0.0641 e.